The van der Waals surface area contributed by atoms with E-state index in [0.29, 0.717) is 38.1 Å². The summed E-state index contributed by atoms with van der Waals surface area (Å²) in [5.41, 5.74) is 0.377. The van der Waals surface area contributed by atoms with E-state index in [1.807, 2.05) is 24.3 Å². The van der Waals surface area contributed by atoms with Gasteiger partial charge in [0.1, 0.15) is 17.1 Å². The summed E-state index contributed by atoms with van der Waals surface area (Å²) in [4.78, 5) is 14.5. The van der Waals surface area contributed by atoms with E-state index in [-0.39, 0.29) is 17.2 Å². The molecule has 1 saturated heterocycles. The number of aliphatic hydroxyl groups is 1. The lowest BCUT2D eigenvalue weighted by atomic mass is 9.81. The number of para-hydroxylation sites is 2. The number of carbonyl (C=O) groups excluding carboxylic acids is 1. The average molecular weight is 389 g/mol. The minimum absolute atomic E-state index is 0.119. The SMILES string of the molecule is O=C(c1ccccc1OC(F)F)N1CCC2(CC1)CC(O)c1ccccc1O2. The molecule has 2 heterocycles. The molecule has 0 aromatic heterocycles. The third-order valence-electron chi connectivity index (χ3n) is 5.47. The molecule has 1 spiro atoms. The van der Waals surface area contributed by atoms with Crippen molar-refractivity contribution in [3.05, 3.63) is 59.7 Å². The second-order valence-electron chi connectivity index (χ2n) is 7.21. The second-order valence-corrected chi connectivity index (χ2v) is 7.21. The molecule has 0 bridgehead atoms. The van der Waals surface area contributed by atoms with Crippen LogP contribution in [0.15, 0.2) is 48.5 Å². The van der Waals surface area contributed by atoms with Crippen molar-refractivity contribution in [1.82, 2.24) is 4.90 Å². The molecule has 0 aliphatic carbocycles. The van der Waals surface area contributed by atoms with Gasteiger partial charge in [-0.05, 0) is 18.2 Å². The number of hydrogen-bond acceptors (Lipinski definition) is 4. The van der Waals surface area contributed by atoms with Gasteiger partial charge >= 0.3 is 6.61 Å². The molecule has 2 aromatic carbocycles. The summed E-state index contributed by atoms with van der Waals surface area (Å²) in [6.45, 7) is -2.16. The third-order valence-corrected chi connectivity index (χ3v) is 5.47. The van der Waals surface area contributed by atoms with Gasteiger partial charge < -0.3 is 19.5 Å². The lowest BCUT2D eigenvalue weighted by Crippen LogP contribution is -2.51. The Balaban J connectivity index is 1.47. The van der Waals surface area contributed by atoms with Gasteiger partial charge in [0.25, 0.3) is 5.91 Å². The minimum Gasteiger partial charge on any atom is -0.487 e. The predicted molar refractivity (Wildman–Crippen MR) is 97.6 cm³/mol. The van der Waals surface area contributed by atoms with Crippen LogP contribution >= 0.6 is 0 Å². The molecule has 7 heteroatoms. The normalized spacial score (nSPS) is 20.6. The Hall–Kier alpha value is -2.67. The quantitative estimate of drug-likeness (QED) is 0.868. The number of benzene rings is 2. The Morgan fingerprint density at radius 3 is 2.57 bits per heavy atom. The molecule has 1 unspecified atom stereocenters. The van der Waals surface area contributed by atoms with Crippen LogP contribution in [0.25, 0.3) is 0 Å². The number of aliphatic hydroxyl groups excluding tert-OH is 1. The fourth-order valence-electron chi connectivity index (χ4n) is 4.02. The fourth-order valence-corrected chi connectivity index (χ4v) is 4.02. The number of likely N-dealkylation sites (tertiary alicyclic amines) is 1. The van der Waals surface area contributed by atoms with Crippen LogP contribution in [0.1, 0.15) is 41.3 Å². The van der Waals surface area contributed by atoms with Gasteiger partial charge in [0.2, 0.25) is 0 Å². The maximum Gasteiger partial charge on any atom is 0.387 e. The van der Waals surface area contributed by atoms with Crippen molar-refractivity contribution < 1.29 is 28.2 Å². The zero-order valence-electron chi connectivity index (χ0n) is 15.2. The number of ether oxygens (including phenoxy) is 2. The molecule has 0 radical (unpaired) electrons. The van der Waals surface area contributed by atoms with Gasteiger partial charge in [0.15, 0.2) is 0 Å². The van der Waals surface area contributed by atoms with Crippen molar-refractivity contribution in [3.8, 4) is 11.5 Å². The number of halogens is 2. The van der Waals surface area contributed by atoms with Crippen LogP contribution in [0.3, 0.4) is 0 Å². The van der Waals surface area contributed by atoms with E-state index in [2.05, 4.69) is 4.74 Å². The molecular formula is C21H21F2NO4. The molecule has 1 N–H and O–H groups in total. The molecule has 28 heavy (non-hydrogen) atoms. The highest BCUT2D eigenvalue weighted by atomic mass is 19.3. The van der Waals surface area contributed by atoms with Crippen molar-refractivity contribution in [2.45, 2.75) is 37.6 Å². The lowest BCUT2D eigenvalue weighted by molar-refractivity contribution is -0.0519. The number of fused-ring (bicyclic) bond motifs is 1. The first kappa shape index (κ1) is 18.7. The molecule has 5 nitrogen and oxygen atoms in total. The number of hydrogen-bond donors (Lipinski definition) is 1. The largest absolute Gasteiger partial charge is 0.487 e. The molecule has 2 aliphatic rings. The Labute approximate surface area is 161 Å². The van der Waals surface area contributed by atoms with E-state index in [4.69, 9.17) is 4.74 Å². The molecule has 2 aromatic rings. The summed E-state index contributed by atoms with van der Waals surface area (Å²) in [5.74, 6) is 0.209. The van der Waals surface area contributed by atoms with Gasteiger partial charge in [-0.2, -0.15) is 8.78 Å². The molecule has 1 atom stereocenters. The Morgan fingerprint density at radius 2 is 1.82 bits per heavy atom. The van der Waals surface area contributed by atoms with Crippen LogP contribution in [-0.2, 0) is 0 Å². The van der Waals surface area contributed by atoms with E-state index in [0.717, 1.165) is 5.56 Å². The van der Waals surface area contributed by atoms with Crippen molar-refractivity contribution >= 4 is 5.91 Å². The Morgan fingerprint density at radius 1 is 1.14 bits per heavy atom. The molecule has 0 saturated carbocycles. The van der Waals surface area contributed by atoms with Gasteiger partial charge in [-0.15, -0.1) is 0 Å². The number of carbonyl (C=O) groups is 1. The highest BCUT2D eigenvalue weighted by Crippen LogP contribution is 2.44. The van der Waals surface area contributed by atoms with Gasteiger partial charge in [0.05, 0.1) is 11.7 Å². The van der Waals surface area contributed by atoms with Crippen molar-refractivity contribution in [2.75, 3.05) is 13.1 Å². The van der Waals surface area contributed by atoms with Crippen LogP contribution in [0.5, 0.6) is 11.5 Å². The second kappa shape index (κ2) is 7.39. The van der Waals surface area contributed by atoms with Gasteiger partial charge in [-0.1, -0.05) is 30.3 Å². The first-order valence-corrected chi connectivity index (χ1v) is 9.27. The van der Waals surface area contributed by atoms with Crippen molar-refractivity contribution in [3.63, 3.8) is 0 Å². The highest BCUT2D eigenvalue weighted by Gasteiger charge is 2.43. The maximum absolute atomic E-state index is 12.8. The lowest BCUT2D eigenvalue weighted by Gasteiger charge is -2.45. The number of alkyl halides is 2. The average Bonchev–Trinajstić information content (AvgIpc) is 2.68. The fraction of sp³-hybridized carbons (Fsp3) is 0.381. The van der Waals surface area contributed by atoms with Crippen LogP contribution in [0, 0.1) is 0 Å². The molecule has 1 fully saturated rings. The van der Waals surface area contributed by atoms with Gasteiger partial charge in [-0.3, -0.25) is 4.79 Å². The Bertz CT molecular complexity index is 865. The van der Waals surface area contributed by atoms with E-state index >= 15 is 0 Å². The molecular weight excluding hydrogens is 368 g/mol. The molecule has 4 rings (SSSR count). The van der Waals surface area contributed by atoms with E-state index in [1.54, 1.807) is 17.0 Å². The number of amides is 1. The van der Waals surface area contributed by atoms with E-state index < -0.39 is 18.3 Å². The number of rotatable bonds is 3. The number of nitrogens with zero attached hydrogens (tertiary/aromatic N) is 1. The predicted octanol–water partition coefficient (Wildman–Crippen LogP) is 3.78. The minimum atomic E-state index is -2.99. The van der Waals surface area contributed by atoms with Crippen LogP contribution in [0.4, 0.5) is 8.78 Å². The van der Waals surface area contributed by atoms with Gasteiger partial charge in [0, 0.05) is 37.9 Å². The first-order valence-electron chi connectivity index (χ1n) is 9.27. The molecule has 2 aliphatic heterocycles. The zero-order valence-corrected chi connectivity index (χ0v) is 15.2. The van der Waals surface area contributed by atoms with Crippen molar-refractivity contribution in [1.29, 1.82) is 0 Å². The van der Waals surface area contributed by atoms with Crippen LogP contribution < -0.4 is 9.47 Å². The summed E-state index contributed by atoms with van der Waals surface area (Å²) in [6.07, 6.45) is 0.980. The van der Waals surface area contributed by atoms with Crippen LogP contribution in [0.2, 0.25) is 0 Å². The van der Waals surface area contributed by atoms with E-state index in [1.165, 1.54) is 12.1 Å². The Kier molecular flexibility index (Phi) is 4.93. The summed E-state index contributed by atoms with van der Waals surface area (Å²) >= 11 is 0. The molecule has 148 valence electrons. The number of piperidine rings is 1. The van der Waals surface area contributed by atoms with E-state index in [9.17, 15) is 18.7 Å². The van der Waals surface area contributed by atoms with Gasteiger partial charge in [-0.25, -0.2) is 0 Å². The van der Waals surface area contributed by atoms with Crippen LogP contribution in [-0.4, -0.2) is 41.2 Å². The summed E-state index contributed by atoms with van der Waals surface area (Å²) in [7, 11) is 0. The standard InChI is InChI=1S/C21H21F2NO4/c22-20(23)27-17-7-3-2-6-15(17)19(26)24-11-9-21(10-12-24)13-16(25)14-5-1-4-8-18(14)28-21/h1-8,16,20,25H,9-13H2. The zero-order chi connectivity index (χ0) is 19.7. The summed E-state index contributed by atoms with van der Waals surface area (Å²) < 4.78 is 35.9. The monoisotopic (exact) mass is 389 g/mol. The summed E-state index contributed by atoms with van der Waals surface area (Å²) in [6, 6.07) is 13.4. The smallest absolute Gasteiger partial charge is 0.387 e. The topological polar surface area (TPSA) is 59.0 Å². The summed E-state index contributed by atoms with van der Waals surface area (Å²) in [5, 5.41) is 10.5. The third kappa shape index (κ3) is 3.54. The molecule has 1 amide bonds. The van der Waals surface area contributed by atoms with Crippen molar-refractivity contribution in [2.24, 2.45) is 0 Å². The maximum atomic E-state index is 12.8. The first-order chi connectivity index (χ1) is 13.5. The highest BCUT2D eigenvalue weighted by molar-refractivity contribution is 5.97.